The number of rotatable bonds is 3. The van der Waals surface area contributed by atoms with E-state index in [1.54, 1.807) is 48.8 Å². The fourth-order valence-electron chi connectivity index (χ4n) is 1.32. The van der Waals surface area contributed by atoms with E-state index in [0.29, 0.717) is 17.0 Å². The van der Waals surface area contributed by atoms with Gasteiger partial charge in [-0.1, -0.05) is 18.2 Å². The summed E-state index contributed by atoms with van der Waals surface area (Å²) >= 11 is 0. The summed E-state index contributed by atoms with van der Waals surface area (Å²) in [6.07, 6.45) is 3.19. The second kappa shape index (κ2) is 4.78. The molecule has 0 spiro atoms. The van der Waals surface area contributed by atoms with Crippen LogP contribution in [-0.4, -0.2) is 22.2 Å². The normalized spacial score (nSPS) is 9.88. The SMILES string of the molecule is OB(O)c1ccccc1Oc1cccnc1. The van der Waals surface area contributed by atoms with Gasteiger partial charge < -0.3 is 14.8 Å². The second-order valence-electron chi connectivity index (χ2n) is 3.20. The Balaban J connectivity index is 2.28. The molecule has 1 heterocycles. The summed E-state index contributed by atoms with van der Waals surface area (Å²) in [6, 6.07) is 10.2. The molecule has 0 aliphatic heterocycles. The Bertz CT molecular complexity index is 462. The van der Waals surface area contributed by atoms with E-state index in [2.05, 4.69) is 4.98 Å². The summed E-state index contributed by atoms with van der Waals surface area (Å²) in [6.45, 7) is 0. The quantitative estimate of drug-likeness (QED) is 0.734. The van der Waals surface area contributed by atoms with Crippen LogP contribution in [0.3, 0.4) is 0 Å². The first-order valence-corrected chi connectivity index (χ1v) is 4.80. The maximum Gasteiger partial charge on any atom is 0.492 e. The molecule has 16 heavy (non-hydrogen) atoms. The first kappa shape index (κ1) is 10.7. The van der Waals surface area contributed by atoms with Gasteiger partial charge >= 0.3 is 7.12 Å². The zero-order valence-corrected chi connectivity index (χ0v) is 8.45. The van der Waals surface area contributed by atoms with Crippen molar-refractivity contribution in [2.75, 3.05) is 0 Å². The van der Waals surface area contributed by atoms with E-state index in [1.165, 1.54) is 0 Å². The molecule has 2 rings (SSSR count). The predicted molar refractivity (Wildman–Crippen MR) is 60.6 cm³/mol. The van der Waals surface area contributed by atoms with E-state index in [4.69, 9.17) is 14.8 Å². The Morgan fingerprint density at radius 3 is 2.56 bits per heavy atom. The third-order valence-corrected chi connectivity index (χ3v) is 2.06. The molecule has 0 saturated carbocycles. The Hall–Kier alpha value is -1.85. The highest BCUT2D eigenvalue weighted by Gasteiger charge is 2.16. The van der Waals surface area contributed by atoms with Gasteiger partial charge in [0.05, 0.1) is 6.20 Å². The molecule has 1 aromatic carbocycles. The maximum absolute atomic E-state index is 9.14. The van der Waals surface area contributed by atoms with Gasteiger partial charge in [-0.25, -0.2) is 0 Å². The molecular weight excluding hydrogens is 205 g/mol. The van der Waals surface area contributed by atoms with Gasteiger partial charge in [0.1, 0.15) is 11.5 Å². The number of pyridine rings is 1. The lowest BCUT2D eigenvalue weighted by atomic mass is 9.79. The van der Waals surface area contributed by atoms with Crippen LogP contribution in [0, 0.1) is 0 Å². The molecule has 0 atom stereocenters. The van der Waals surface area contributed by atoms with E-state index in [0.717, 1.165) is 0 Å². The highest BCUT2D eigenvalue weighted by atomic mass is 16.5. The van der Waals surface area contributed by atoms with Crippen molar-refractivity contribution in [3.05, 3.63) is 48.8 Å². The summed E-state index contributed by atoms with van der Waals surface area (Å²) in [4.78, 5) is 3.91. The molecule has 0 aliphatic carbocycles. The minimum atomic E-state index is -1.55. The summed E-state index contributed by atoms with van der Waals surface area (Å²) in [5, 5.41) is 18.3. The minimum absolute atomic E-state index is 0.325. The van der Waals surface area contributed by atoms with Crippen molar-refractivity contribution in [3.8, 4) is 11.5 Å². The lowest BCUT2D eigenvalue weighted by molar-refractivity contribution is 0.420. The monoisotopic (exact) mass is 215 g/mol. The third-order valence-electron chi connectivity index (χ3n) is 2.06. The topological polar surface area (TPSA) is 62.6 Å². The van der Waals surface area contributed by atoms with Gasteiger partial charge in [-0.15, -0.1) is 0 Å². The van der Waals surface area contributed by atoms with Crippen LogP contribution in [0.2, 0.25) is 0 Å². The van der Waals surface area contributed by atoms with Crippen molar-refractivity contribution < 1.29 is 14.8 Å². The summed E-state index contributed by atoms with van der Waals surface area (Å²) in [5.74, 6) is 0.959. The summed E-state index contributed by atoms with van der Waals surface area (Å²) < 4.78 is 5.49. The molecule has 0 fully saturated rings. The Labute approximate surface area is 93.3 Å². The van der Waals surface area contributed by atoms with E-state index < -0.39 is 7.12 Å². The van der Waals surface area contributed by atoms with Gasteiger partial charge in [0, 0.05) is 11.7 Å². The average molecular weight is 215 g/mol. The van der Waals surface area contributed by atoms with E-state index >= 15 is 0 Å². The van der Waals surface area contributed by atoms with Gasteiger partial charge in [0.15, 0.2) is 0 Å². The number of ether oxygens (including phenoxy) is 1. The highest BCUT2D eigenvalue weighted by molar-refractivity contribution is 6.59. The second-order valence-corrected chi connectivity index (χ2v) is 3.20. The lowest BCUT2D eigenvalue weighted by Crippen LogP contribution is -2.30. The molecule has 4 nitrogen and oxygen atoms in total. The molecule has 0 aliphatic rings. The lowest BCUT2D eigenvalue weighted by Gasteiger charge is -2.09. The minimum Gasteiger partial charge on any atom is -0.456 e. The van der Waals surface area contributed by atoms with Crippen molar-refractivity contribution in [1.29, 1.82) is 0 Å². The fraction of sp³-hybridized carbons (Fsp3) is 0. The first-order chi connectivity index (χ1) is 7.77. The van der Waals surface area contributed by atoms with Crippen LogP contribution in [0.1, 0.15) is 0 Å². The van der Waals surface area contributed by atoms with E-state index in [9.17, 15) is 0 Å². The van der Waals surface area contributed by atoms with Crippen LogP contribution >= 0.6 is 0 Å². The van der Waals surface area contributed by atoms with Crippen LogP contribution in [0.5, 0.6) is 11.5 Å². The van der Waals surface area contributed by atoms with E-state index in [1.807, 2.05) is 0 Å². The number of nitrogens with zero attached hydrogens (tertiary/aromatic N) is 1. The van der Waals surface area contributed by atoms with Crippen LogP contribution in [0.4, 0.5) is 0 Å². The van der Waals surface area contributed by atoms with Gasteiger partial charge in [-0.2, -0.15) is 0 Å². The third kappa shape index (κ3) is 2.39. The largest absolute Gasteiger partial charge is 0.492 e. The first-order valence-electron chi connectivity index (χ1n) is 4.80. The zero-order valence-electron chi connectivity index (χ0n) is 8.45. The molecule has 0 unspecified atom stereocenters. The maximum atomic E-state index is 9.14. The van der Waals surface area contributed by atoms with Gasteiger partial charge in [-0.3, -0.25) is 4.98 Å². The van der Waals surface area contributed by atoms with Crippen molar-refractivity contribution in [2.45, 2.75) is 0 Å². The Kier molecular flexibility index (Phi) is 3.19. The number of hydrogen-bond acceptors (Lipinski definition) is 4. The van der Waals surface area contributed by atoms with Crippen molar-refractivity contribution in [3.63, 3.8) is 0 Å². The summed E-state index contributed by atoms with van der Waals surface area (Å²) in [5.41, 5.74) is 0.325. The number of benzene rings is 1. The molecule has 0 bridgehead atoms. The summed E-state index contributed by atoms with van der Waals surface area (Å²) in [7, 11) is -1.55. The van der Waals surface area contributed by atoms with Crippen LogP contribution in [0.25, 0.3) is 0 Å². The van der Waals surface area contributed by atoms with Gasteiger partial charge in [0.25, 0.3) is 0 Å². The molecule has 1 aromatic heterocycles. The van der Waals surface area contributed by atoms with Gasteiger partial charge in [0.2, 0.25) is 0 Å². The smallest absolute Gasteiger partial charge is 0.456 e. The number of para-hydroxylation sites is 1. The zero-order chi connectivity index (χ0) is 11.4. The van der Waals surface area contributed by atoms with Crippen molar-refractivity contribution in [2.24, 2.45) is 0 Å². The predicted octanol–water partition coefficient (Wildman–Crippen LogP) is 0.554. The molecule has 2 aromatic rings. The molecule has 0 saturated heterocycles. The van der Waals surface area contributed by atoms with Crippen molar-refractivity contribution in [1.82, 2.24) is 4.98 Å². The average Bonchev–Trinajstić information content (AvgIpc) is 2.31. The standard InChI is InChI=1S/C11H10BNO3/c14-12(15)10-5-1-2-6-11(10)16-9-4-3-7-13-8-9/h1-8,14-15H. The van der Waals surface area contributed by atoms with Gasteiger partial charge in [-0.05, 0) is 18.2 Å². The Morgan fingerprint density at radius 1 is 1.06 bits per heavy atom. The van der Waals surface area contributed by atoms with Crippen LogP contribution < -0.4 is 10.2 Å². The molecule has 0 amide bonds. The molecular formula is C11H10BNO3. The van der Waals surface area contributed by atoms with Crippen LogP contribution in [-0.2, 0) is 0 Å². The fourth-order valence-corrected chi connectivity index (χ4v) is 1.32. The molecule has 5 heteroatoms. The number of hydrogen-bond donors (Lipinski definition) is 2. The molecule has 80 valence electrons. The number of aromatic nitrogens is 1. The Morgan fingerprint density at radius 2 is 1.88 bits per heavy atom. The molecule has 2 N–H and O–H groups in total. The molecule has 0 radical (unpaired) electrons. The van der Waals surface area contributed by atoms with E-state index in [-0.39, 0.29) is 0 Å². The van der Waals surface area contributed by atoms with Crippen molar-refractivity contribution >= 4 is 12.6 Å². The highest BCUT2D eigenvalue weighted by Crippen LogP contribution is 2.17. The van der Waals surface area contributed by atoms with Crippen LogP contribution in [0.15, 0.2) is 48.8 Å².